The first-order valence-electron chi connectivity index (χ1n) is 6.49. The van der Waals surface area contributed by atoms with Gasteiger partial charge in [0.05, 0.1) is 13.0 Å². The highest BCUT2D eigenvalue weighted by molar-refractivity contribution is 7.10. The average molecular weight is 298 g/mol. The van der Waals surface area contributed by atoms with Crippen molar-refractivity contribution in [3.8, 4) is 0 Å². The van der Waals surface area contributed by atoms with Gasteiger partial charge in [0.2, 0.25) is 0 Å². The second kappa shape index (κ2) is 6.74. The lowest BCUT2D eigenvalue weighted by molar-refractivity contribution is -0.138. The Bertz CT molecular complexity index is 477. The summed E-state index contributed by atoms with van der Waals surface area (Å²) in [5.41, 5.74) is 0.836. The van der Waals surface area contributed by atoms with Crippen molar-refractivity contribution in [2.45, 2.75) is 46.7 Å². The van der Waals surface area contributed by atoms with Gasteiger partial charge in [0.1, 0.15) is 0 Å². The Morgan fingerprint density at radius 2 is 2.05 bits per heavy atom. The molecule has 0 bridgehead atoms. The molecule has 6 heteroatoms. The Hall–Kier alpha value is -1.56. The minimum atomic E-state index is -0.917. The van der Waals surface area contributed by atoms with Crippen LogP contribution in [0.1, 0.15) is 37.6 Å². The molecule has 2 amide bonds. The molecule has 5 nitrogen and oxygen atoms in total. The Balaban J connectivity index is 2.54. The Morgan fingerprint density at radius 3 is 2.50 bits per heavy atom. The molecule has 0 aliphatic carbocycles. The van der Waals surface area contributed by atoms with Gasteiger partial charge in [0, 0.05) is 10.9 Å². The first-order chi connectivity index (χ1) is 9.20. The van der Waals surface area contributed by atoms with Crippen LogP contribution in [0, 0.1) is 12.3 Å². The summed E-state index contributed by atoms with van der Waals surface area (Å²) >= 11 is 1.59. The smallest absolute Gasteiger partial charge is 0.315 e. The molecule has 1 rings (SSSR count). The zero-order chi connectivity index (χ0) is 15.3. The molecule has 112 valence electrons. The van der Waals surface area contributed by atoms with Gasteiger partial charge in [-0.2, -0.15) is 0 Å². The maximum absolute atomic E-state index is 11.9. The summed E-state index contributed by atoms with van der Waals surface area (Å²) in [5, 5.41) is 16.4. The number of amides is 2. The molecular formula is C14H22N2O3S. The second-order valence-corrected chi connectivity index (χ2v) is 6.87. The lowest BCUT2D eigenvalue weighted by atomic mass is 9.85. The van der Waals surface area contributed by atoms with Gasteiger partial charge in [-0.3, -0.25) is 4.79 Å². The highest BCUT2D eigenvalue weighted by atomic mass is 32.1. The maximum Gasteiger partial charge on any atom is 0.315 e. The molecule has 1 heterocycles. The number of carbonyl (C=O) groups is 2. The predicted octanol–water partition coefficient (Wildman–Crippen LogP) is 2.75. The van der Waals surface area contributed by atoms with Crippen molar-refractivity contribution in [1.82, 2.24) is 10.6 Å². The molecule has 0 spiro atoms. The van der Waals surface area contributed by atoms with Crippen molar-refractivity contribution >= 4 is 23.3 Å². The van der Waals surface area contributed by atoms with Gasteiger partial charge in [-0.25, -0.2) is 4.79 Å². The number of urea groups is 1. The summed E-state index contributed by atoms with van der Waals surface area (Å²) < 4.78 is 0. The van der Waals surface area contributed by atoms with Crippen LogP contribution < -0.4 is 10.6 Å². The van der Waals surface area contributed by atoms with Crippen LogP contribution in [0.3, 0.4) is 0 Å². The normalized spacial score (nSPS) is 12.8. The van der Waals surface area contributed by atoms with Crippen LogP contribution >= 0.6 is 11.3 Å². The Kier molecular flexibility index (Phi) is 5.56. The molecule has 0 aliphatic heterocycles. The number of carboxylic acid groups (broad SMARTS) is 1. The van der Waals surface area contributed by atoms with E-state index in [9.17, 15) is 9.59 Å². The van der Waals surface area contributed by atoms with Gasteiger partial charge in [0.15, 0.2) is 0 Å². The van der Waals surface area contributed by atoms with Crippen molar-refractivity contribution < 1.29 is 14.7 Å². The van der Waals surface area contributed by atoms with Crippen LogP contribution in [0.5, 0.6) is 0 Å². The standard InChI is InChI=1S/C14H22N2O3S/c1-9-5-6-20-10(9)8-15-13(19)16-11(7-12(17)18)14(2,3)4/h5-6,11H,7-8H2,1-4H3,(H,17,18)(H2,15,16,19). The van der Waals surface area contributed by atoms with E-state index in [0.717, 1.165) is 10.4 Å². The SMILES string of the molecule is Cc1ccsc1CNC(=O)NC(CC(=O)O)C(C)(C)C. The molecule has 0 saturated heterocycles. The number of hydrogen-bond donors (Lipinski definition) is 3. The van der Waals surface area contributed by atoms with Gasteiger partial charge in [0.25, 0.3) is 0 Å². The van der Waals surface area contributed by atoms with E-state index in [0.29, 0.717) is 6.54 Å². The number of rotatable bonds is 5. The summed E-state index contributed by atoms with van der Waals surface area (Å²) in [6.45, 7) is 8.17. The largest absolute Gasteiger partial charge is 0.481 e. The summed E-state index contributed by atoms with van der Waals surface area (Å²) in [7, 11) is 0. The fourth-order valence-corrected chi connectivity index (χ4v) is 2.55. The first kappa shape index (κ1) is 16.5. The third kappa shape index (κ3) is 5.21. The van der Waals surface area contributed by atoms with Crippen LogP contribution in [0.2, 0.25) is 0 Å². The van der Waals surface area contributed by atoms with Crippen LogP contribution in [0.15, 0.2) is 11.4 Å². The number of aryl methyl sites for hydroxylation is 1. The van der Waals surface area contributed by atoms with Crippen molar-refractivity contribution in [3.05, 3.63) is 21.9 Å². The highest BCUT2D eigenvalue weighted by Gasteiger charge is 2.28. The van der Waals surface area contributed by atoms with Gasteiger partial charge in [-0.05, 0) is 29.3 Å². The van der Waals surface area contributed by atoms with Crippen LogP contribution in [0.4, 0.5) is 4.79 Å². The van der Waals surface area contributed by atoms with E-state index in [4.69, 9.17) is 5.11 Å². The van der Waals surface area contributed by atoms with Crippen LogP contribution in [0.25, 0.3) is 0 Å². The van der Waals surface area contributed by atoms with Crippen LogP contribution in [-0.4, -0.2) is 23.1 Å². The Morgan fingerprint density at radius 1 is 1.40 bits per heavy atom. The monoisotopic (exact) mass is 298 g/mol. The Labute approximate surface area is 123 Å². The van der Waals surface area contributed by atoms with Crippen molar-refractivity contribution in [2.24, 2.45) is 5.41 Å². The number of nitrogens with one attached hydrogen (secondary N) is 2. The minimum Gasteiger partial charge on any atom is -0.481 e. The molecule has 1 atom stereocenters. The van der Waals surface area contributed by atoms with E-state index >= 15 is 0 Å². The van der Waals surface area contributed by atoms with Gasteiger partial charge >= 0.3 is 12.0 Å². The molecule has 1 aromatic rings. The lowest BCUT2D eigenvalue weighted by Crippen LogP contribution is -2.48. The number of carboxylic acids is 1. The fourth-order valence-electron chi connectivity index (χ4n) is 1.70. The quantitative estimate of drug-likeness (QED) is 0.782. The van der Waals surface area contributed by atoms with E-state index in [-0.39, 0.29) is 17.9 Å². The molecule has 0 aliphatic rings. The summed E-state index contributed by atoms with van der Waals surface area (Å²) in [4.78, 5) is 23.8. The first-order valence-corrected chi connectivity index (χ1v) is 7.37. The molecule has 0 aromatic carbocycles. The second-order valence-electron chi connectivity index (χ2n) is 5.87. The molecular weight excluding hydrogens is 276 g/mol. The minimum absolute atomic E-state index is 0.0883. The van der Waals surface area contributed by atoms with Gasteiger partial charge in [-0.1, -0.05) is 20.8 Å². The average Bonchev–Trinajstić information content (AvgIpc) is 2.69. The van der Waals surface area contributed by atoms with Gasteiger partial charge in [-0.15, -0.1) is 11.3 Å². The van der Waals surface area contributed by atoms with E-state index < -0.39 is 12.0 Å². The van der Waals surface area contributed by atoms with Crippen molar-refractivity contribution in [1.29, 1.82) is 0 Å². The van der Waals surface area contributed by atoms with Gasteiger partial charge < -0.3 is 15.7 Å². The van der Waals surface area contributed by atoms with Crippen molar-refractivity contribution in [3.63, 3.8) is 0 Å². The number of carbonyl (C=O) groups excluding carboxylic acids is 1. The predicted molar refractivity (Wildman–Crippen MR) is 79.9 cm³/mol. The zero-order valence-corrected chi connectivity index (χ0v) is 13.1. The van der Waals surface area contributed by atoms with E-state index in [2.05, 4.69) is 10.6 Å². The number of aliphatic carboxylic acids is 1. The maximum atomic E-state index is 11.9. The lowest BCUT2D eigenvalue weighted by Gasteiger charge is -2.30. The highest BCUT2D eigenvalue weighted by Crippen LogP contribution is 2.22. The third-order valence-electron chi connectivity index (χ3n) is 3.11. The van der Waals surface area contributed by atoms with E-state index in [1.165, 1.54) is 0 Å². The molecule has 3 N–H and O–H groups in total. The number of hydrogen-bond acceptors (Lipinski definition) is 3. The summed E-state index contributed by atoms with van der Waals surface area (Å²) in [6, 6.07) is 1.26. The molecule has 1 aromatic heterocycles. The molecule has 20 heavy (non-hydrogen) atoms. The molecule has 0 radical (unpaired) electrons. The third-order valence-corrected chi connectivity index (χ3v) is 4.13. The van der Waals surface area contributed by atoms with E-state index in [1.807, 2.05) is 39.1 Å². The molecule has 0 fully saturated rings. The topological polar surface area (TPSA) is 78.4 Å². The number of thiophene rings is 1. The zero-order valence-electron chi connectivity index (χ0n) is 12.3. The summed E-state index contributed by atoms with van der Waals surface area (Å²) in [5.74, 6) is -0.917. The molecule has 1 unspecified atom stereocenters. The fraction of sp³-hybridized carbons (Fsp3) is 0.571. The molecule has 0 saturated carbocycles. The van der Waals surface area contributed by atoms with E-state index in [1.54, 1.807) is 11.3 Å². The van der Waals surface area contributed by atoms with Crippen LogP contribution in [-0.2, 0) is 11.3 Å². The summed E-state index contributed by atoms with van der Waals surface area (Å²) in [6.07, 6.45) is -0.0883. The van der Waals surface area contributed by atoms with Crippen molar-refractivity contribution in [2.75, 3.05) is 0 Å².